The molecule has 0 bridgehead atoms. The Labute approximate surface area is 311 Å². The fraction of sp³-hybridized carbons (Fsp3) is 0.189. The second-order valence-electron chi connectivity index (χ2n) is 11.3. The number of halogens is 2. The van der Waals surface area contributed by atoms with Crippen molar-refractivity contribution in [1.29, 1.82) is 0 Å². The molecule has 1 saturated heterocycles. The van der Waals surface area contributed by atoms with E-state index in [1.54, 1.807) is 48.5 Å². The molecule has 1 N–H and O–H groups in total. The summed E-state index contributed by atoms with van der Waals surface area (Å²) in [5, 5.41) is 21.6. The molecule has 2 aliphatic heterocycles. The Balaban J connectivity index is 1.28. The molecular formula is C37H29Cl2N3O7S2. The number of fused-ring (bicyclic) bond motifs is 1. The lowest BCUT2D eigenvalue weighted by atomic mass is 9.95. The van der Waals surface area contributed by atoms with Gasteiger partial charge in [-0.3, -0.25) is 14.5 Å². The average Bonchev–Trinajstić information content (AvgIpc) is 3.72. The molecule has 1 aromatic heterocycles. The number of hydrogen-bond donors (Lipinski definition) is 1. The molecule has 3 heterocycles. The molecule has 51 heavy (non-hydrogen) atoms. The van der Waals surface area contributed by atoms with E-state index in [1.165, 1.54) is 16.7 Å². The maximum atomic E-state index is 13.9. The first-order chi connectivity index (χ1) is 24.8. The van der Waals surface area contributed by atoms with Gasteiger partial charge < -0.3 is 24.1 Å². The first-order valence-electron chi connectivity index (χ1n) is 15.9. The molecule has 10 nitrogen and oxygen atoms in total. The van der Waals surface area contributed by atoms with Crippen molar-refractivity contribution in [1.82, 2.24) is 10.2 Å². The van der Waals surface area contributed by atoms with Crippen LogP contribution in [-0.2, 0) is 21.9 Å². The van der Waals surface area contributed by atoms with Gasteiger partial charge >= 0.3 is 5.91 Å². The van der Waals surface area contributed by atoms with Crippen LogP contribution in [0.1, 0.15) is 35.2 Å². The first-order valence-corrected chi connectivity index (χ1v) is 18.4. The van der Waals surface area contributed by atoms with Crippen LogP contribution in [0.15, 0.2) is 94.8 Å². The fourth-order valence-corrected chi connectivity index (χ4v) is 8.07. The van der Waals surface area contributed by atoms with Gasteiger partial charge in [0.15, 0.2) is 27.3 Å². The minimum atomic E-state index is -1.09. The molecule has 0 spiro atoms. The standard InChI is InChI=1S/C37H29Cl2N3O7S2/c1-2-46-29-16-22(9-12-28(29)49-19-21-6-4-3-5-7-21)32-31(33(43)23-10-13-27-30(17-23)48-15-14-47-27)34(44)35(45)42(32)36-40-41-37(51-36)50-20-24-8-11-25(38)18-26(24)39/h3-13,16-18,32,43H,2,14-15,19-20H2,1H3. The molecule has 5 aromatic rings. The van der Waals surface area contributed by atoms with E-state index in [0.717, 1.165) is 22.5 Å². The van der Waals surface area contributed by atoms with Crippen molar-refractivity contribution >= 4 is 68.9 Å². The summed E-state index contributed by atoms with van der Waals surface area (Å²) in [5.74, 6) is 0.160. The molecule has 2 aliphatic rings. The van der Waals surface area contributed by atoms with Crippen LogP contribution >= 0.6 is 46.3 Å². The van der Waals surface area contributed by atoms with Crippen LogP contribution in [0.3, 0.4) is 0 Å². The van der Waals surface area contributed by atoms with Gasteiger partial charge in [0, 0.05) is 21.4 Å². The van der Waals surface area contributed by atoms with E-state index in [9.17, 15) is 14.7 Å². The highest BCUT2D eigenvalue weighted by molar-refractivity contribution is 8.00. The number of aromatic nitrogens is 2. The van der Waals surface area contributed by atoms with Gasteiger partial charge in [-0.1, -0.05) is 88.8 Å². The highest BCUT2D eigenvalue weighted by Gasteiger charge is 2.48. The summed E-state index contributed by atoms with van der Waals surface area (Å²) in [6, 6.07) is 23.9. The van der Waals surface area contributed by atoms with Crippen LogP contribution in [-0.4, -0.2) is 46.8 Å². The smallest absolute Gasteiger partial charge is 0.301 e. The van der Waals surface area contributed by atoms with Crippen molar-refractivity contribution in [2.24, 2.45) is 0 Å². The van der Waals surface area contributed by atoms with E-state index in [2.05, 4.69) is 10.2 Å². The molecule has 260 valence electrons. The van der Waals surface area contributed by atoms with Crippen molar-refractivity contribution in [3.63, 3.8) is 0 Å². The maximum absolute atomic E-state index is 13.9. The second kappa shape index (κ2) is 15.2. The third-order valence-electron chi connectivity index (χ3n) is 8.05. The lowest BCUT2D eigenvalue weighted by Gasteiger charge is -2.24. The van der Waals surface area contributed by atoms with Crippen LogP contribution in [0, 0.1) is 0 Å². The SMILES string of the molecule is CCOc1cc(C2C(=C(O)c3ccc4c(c3)OCCO4)C(=O)C(=O)N2c2nnc(SCc3ccc(Cl)cc3Cl)s2)ccc1OCc1ccccc1. The Morgan fingerprint density at radius 2 is 1.75 bits per heavy atom. The van der Waals surface area contributed by atoms with Gasteiger partial charge in [0.05, 0.1) is 18.2 Å². The Kier molecular flexibility index (Phi) is 10.4. The number of nitrogens with zero attached hydrogens (tertiary/aromatic N) is 3. The number of ether oxygens (including phenoxy) is 4. The lowest BCUT2D eigenvalue weighted by Crippen LogP contribution is -2.29. The number of hydrogen-bond acceptors (Lipinski definition) is 11. The number of Topliss-reactive ketones (excluding diaryl/α,β-unsaturated/α-hetero) is 1. The van der Waals surface area contributed by atoms with Crippen molar-refractivity contribution in [3.05, 3.63) is 123 Å². The summed E-state index contributed by atoms with van der Waals surface area (Å²) < 4.78 is 24.0. The number of rotatable bonds is 11. The lowest BCUT2D eigenvalue weighted by molar-refractivity contribution is -0.132. The predicted molar refractivity (Wildman–Crippen MR) is 197 cm³/mol. The summed E-state index contributed by atoms with van der Waals surface area (Å²) in [5.41, 5.74) is 2.46. The quantitative estimate of drug-likeness (QED) is 0.0461. The number of thioether (sulfide) groups is 1. The zero-order valence-electron chi connectivity index (χ0n) is 27.0. The zero-order valence-corrected chi connectivity index (χ0v) is 30.2. The van der Waals surface area contributed by atoms with Crippen molar-refractivity contribution < 1.29 is 33.6 Å². The molecule has 1 unspecified atom stereocenters. The summed E-state index contributed by atoms with van der Waals surface area (Å²) in [4.78, 5) is 29.1. The molecule has 4 aromatic carbocycles. The van der Waals surface area contributed by atoms with Crippen LogP contribution in [0.4, 0.5) is 5.13 Å². The van der Waals surface area contributed by atoms with Gasteiger partial charge in [-0.2, -0.15) is 0 Å². The molecule has 1 atom stereocenters. The molecule has 14 heteroatoms. The molecule has 1 amide bonds. The van der Waals surface area contributed by atoms with Gasteiger partial charge in [-0.15, -0.1) is 10.2 Å². The minimum absolute atomic E-state index is 0.130. The second-order valence-corrected chi connectivity index (χ2v) is 14.3. The molecule has 0 aliphatic carbocycles. The number of anilines is 1. The van der Waals surface area contributed by atoms with E-state index in [1.807, 2.05) is 43.3 Å². The summed E-state index contributed by atoms with van der Waals surface area (Å²) in [7, 11) is 0. The topological polar surface area (TPSA) is 120 Å². The molecule has 0 saturated carbocycles. The molecular weight excluding hydrogens is 733 g/mol. The van der Waals surface area contributed by atoms with Gasteiger partial charge in [-0.25, -0.2) is 0 Å². The number of aliphatic hydroxyl groups excluding tert-OH is 1. The molecule has 0 radical (unpaired) electrons. The van der Waals surface area contributed by atoms with Gasteiger partial charge in [0.1, 0.15) is 25.6 Å². The summed E-state index contributed by atoms with van der Waals surface area (Å²) in [6.45, 7) is 3.21. The van der Waals surface area contributed by atoms with Crippen molar-refractivity contribution in [3.8, 4) is 23.0 Å². The number of carbonyl (C=O) groups is 2. The summed E-state index contributed by atoms with van der Waals surface area (Å²) >= 11 is 14.9. The molecule has 7 rings (SSSR count). The van der Waals surface area contributed by atoms with Crippen molar-refractivity contribution in [2.75, 3.05) is 24.7 Å². The van der Waals surface area contributed by atoms with E-state index >= 15 is 0 Å². The van der Waals surface area contributed by atoms with Gasteiger partial charge in [-0.05, 0) is 66.1 Å². The Morgan fingerprint density at radius 1 is 0.941 bits per heavy atom. The Morgan fingerprint density at radius 3 is 2.53 bits per heavy atom. The van der Waals surface area contributed by atoms with E-state index in [0.29, 0.717) is 75.1 Å². The predicted octanol–water partition coefficient (Wildman–Crippen LogP) is 8.51. The van der Waals surface area contributed by atoms with Gasteiger partial charge in [0.25, 0.3) is 5.78 Å². The average molecular weight is 763 g/mol. The van der Waals surface area contributed by atoms with Gasteiger partial charge in [0.2, 0.25) is 5.13 Å². The van der Waals surface area contributed by atoms with Crippen molar-refractivity contribution in [2.45, 2.75) is 29.7 Å². The van der Waals surface area contributed by atoms with E-state index < -0.39 is 17.7 Å². The van der Waals surface area contributed by atoms with Crippen LogP contribution in [0.5, 0.6) is 23.0 Å². The third-order valence-corrected chi connectivity index (χ3v) is 10.7. The van der Waals surface area contributed by atoms with Crippen LogP contribution in [0.25, 0.3) is 5.76 Å². The normalized spacial score (nSPS) is 16.4. The van der Waals surface area contributed by atoms with Crippen LogP contribution in [0.2, 0.25) is 10.0 Å². The number of aliphatic hydroxyl groups is 1. The number of ketones is 1. The third kappa shape index (κ3) is 7.36. The van der Waals surface area contributed by atoms with E-state index in [-0.39, 0.29) is 22.0 Å². The number of benzene rings is 4. The summed E-state index contributed by atoms with van der Waals surface area (Å²) in [6.07, 6.45) is 0. The maximum Gasteiger partial charge on any atom is 0.301 e. The highest BCUT2D eigenvalue weighted by Crippen LogP contribution is 2.46. The van der Waals surface area contributed by atoms with E-state index in [4.69, 9.17) is 42.1 Å². The number of carbonyl (C=O) groups excluding carboxylic acids is 2. The monoisotopic (exact) mass is 761 g/mol. The highest BCUT2D eigenvalue weighted by atomic mass is 35.5. The Bertz CT molecular complexity index is 2140. The first kappa shape index (κ1) is 34.7. The fourth-order valence-electron chi connectivity index (χ4n) is 5.65. The molecule has 1 fully saturated rings. The number of amides is 1. The Hall–Kier alpha value is -4.75. The largest absolute Gasteiger partial charge is 0.507 e. The zero-order chi connectivity index (χ0) is 35.5. The van der Waals surface area contributed by atoms with Crippen LogP contribution < -0.4 is 23.8 Å². The minimum Gasteiger partial charge on any atom is -0.507 e.